The molecule has 4 heteroatoms. The molecule has 0 bridgehead atoms. The molecule has 0 spiro atoms. The van der Waals surface area contributed by atoms with Crippen molar-refractivity contribution in [2.75, 3.05) is 0 Å². The van der Waals surface area contributed by atoms with Crippen LogP contribution in [0.25, 0.3) is 0 Å². The normalized spacial score (nSPS) is 10.1. The molecular weight excluding hydrogens is 166 g/mol. The lowest BCUT2D eigenvalue weighted by atomic mass is 10.2. The Bertz CT molecular complexity index is 304. The van der Waals surface area contributed by atoms with Gasteiger partial charge in [-0.05, 0) is 13.8 Å². The molecule has 3 nitrogen and oxygen atoms in total. The summed E-state index contributed by atoms with van der Waals surface area (Å²) >= 11 is 5.75. The number of carboxylic acid groups (broad SMARTS) is 1. The lowest BCUT2D eigenvalue weighted by Crippen LogP contribution is -1.98. The van der Waals surface area contributed by atoms with Gasteiger partial charge in [0.25, 0.3) is 0 Å². The van der Waals surface area contributed by atoms with Gasteiger partial charge in [-0.25, -0.2) is 4.79 Å². The maximum atomic E-state index is 10.5. The number of halogens is 1. The summed E-state index contributed by atoms with van der Waals surface area (Å²) in [6.07, 6.45) is 0. The number of aromatic carboxylic acids is 1. The van der Waals surface area contributed by atoms with Crippen LogP contribution >= 0.6 is 11.6 Å². The summed E-state index contributed by atoms with van der Waals surface area (Å²) in [6.45, 7) is 3.41. The second-order valence-corrected chi connectivity index (χ2v) is 2.75. The van der Waals surface area contributed by atoms with Crippen molar-refractivity contribution in [3.8, 4) is 0 Å². The highest BCUT2D eigenvalue weighted by molar-refractivity contribution is 6.32. The summed E-state index contributed by atoms with van der Waals surface area (Å²) in [4.78, 5) is 13.2. The van der Waals surface area contributed by atoms with Gasteiger partial charge in [-0.3, -0.25) is 0 Å². The Labute approximate surface area is 69.0 Å². The van der Waals surface area contributed by atoms with Gasteiger partial charge >= 0.3 is 5.97 Å². The number of carbonyl (C=O) groups is 1. The predicted molar refractivity (Wildman–Crippen MR) is 42.2 cm³/mol. The lowest BCUT2D eigenvalue weighted by Gasteiger charge is -1.89. The third kappa shape index (κ3) is 1.24. The number of rotatable bonds is 1. The van der Waals surface area contributed by atoms with E-state index in [1.54, 1.807) is 13.8 Å². The summed E-state index contributed by atoms with van der Waals surface area (Å²) in [5.74, 6) is -0.975. The van der Waals surface area contributed by atoms with E-state index in [2.05, 4.69) is 4.98 Å². The molecule has 0 saturated heterocycles. The van der Waals surface area contributed by atoms with Gasteiger partial charge in [0.15, 0.2) is 0 Å². The van der Waals surface area contributed by atoms with Crippen LogP contribution < -0.4 is 0 Å². The van der Waals surface area contributed by atoms with Crippen molar-refractivity contribution in [1.29, 1.82) is 0 Å². The minimum absolute atomic E-state index is 0.174. The lowest BCUT2D eigenvalue weighted by molar-refractivity contribution is 0.0690. The molecule has 0 saturated carbocycles. The van der Waals surface area contributed by atoms with E-state index in [1.807, 2.05) is 0 Å². The van der Waals surface area contributed by atoms with Crippen molar-refractivity contribution < 1.29 is 9.90 Å². The van der Waals surface area contributed by atoms with E-state index in [-0.39, 0.29) is 5.69 Å². The smallest absolute Gasteiger partial charge is 0.352 e. The largest absolute Gasteiger partial charge is 0.477 e. The van der Waals surface area contributed by atoms with Gasteiger partial charge in [0, 0.05) is 11.3 Å². The van der Waals surface area contributed by atoms with E-state index >= 15 is 0 Å². The van der Waals surface area contributed by atoms with Crippen LogP contribution in [0.5, 0.6) is 0 Å². The second kappa shape index (κ2) is 2.58. The molecule has 0 amide bonds. The molecule has 0 unspecified atom stereocenters. The van der Waals surface area contributed by atoms with Crippen LogP contribution in [0.15, 0.2) is 0 Å². The molecule has 1 heterocycles. The van der Waals surface area contributed by atoms with Crippen LogP contribution in [0.2, 0.25) is 5.02 Å². The number of nitrogens with one attached hydrogen (secondary N) is 1. The van der Waals surface area contributed by atoms with Crippen molar-refractivity contribution in [1.82, 2.24) is 4.98 Å². The van der Waals surface area contributed by atoms with Crippen molar-refractivity contribution >= 4 is 17.6 Å². The quantitative estimate of drug-likeness (QED) is 0.683. The third-order valence-corrected chi connectivity index (χ3v) is 2.13. The molecule has 0 aliphatic carbocycles. The monoisotopic (exact) mass is 173 g/mol. The first-order chi connectivity index (χ1) is 5.04. The number of hydrogen-bond donors (Lipinski definition) is 2. The maximum Gasteiger partial charge on any atom is 0.352 e. The Morgan fingerprint density at radius 2 is 2.09 bits per heavy atom. The first-order valence-electron chi connectivity index (χ1n) is 3.12. The molecule has 1 rings (SSSR count). The maximum absolute atomic E-state index is 10.5. The molecule has 11 heavy (non-hydrogen) atoms. The number of aromatic nitrogens is 1. The van der Waals surface area contributed by atoms with Gasteiger partial charge in [0.2, 0.25) is 0 Å². The Kier molecular flexibility index (Phi) is 1.91. The highest BCUT2D eigenvalue weighted by atomic mass is 35.5. The highest BCUT2D eigenvalue weighted by Crippen LogP contribution is 2.22. The molecule has 2 N–H and O–H groups in total. The van der Waals surface area contributed by atoms with Crippen LogP contribution in [0.4, 0.5) is 0 Å². The fourth-order valence-corrected chi connectivity index (χ4v) is 1.08. The molecule has 1 aromatic heterocycles. The Morgan fingerprint density at radius 3 is 2.27 bits per heavy atom. The molecule has 0 radical (unpaired) electrons. The van der Waals surface area contributed by atoms with Gasteiger partial charge in [-0.15, -0.1) is 0 Å². The highest BCUT2D eigenvalue weighted by Gasteiger charge is 2.14. The Balaban J connectivity index is 3.29. The van der Waals surface area contributed by atoms with Gasteiger partial charge in [-0.1, -0.05) is 11.6 Å². The van der Waals surface area contributed by atoms with Crippen LogP contribution in [-0.4, -0.2) is 16.1 Å². The first-order valence-corrected chi connectivity index (χ1v) is 3.49. The standard InChI is InChI=1S/C7H8ClNO2/c1-3-5(8)4(2)9-6(3)7(10)11/h9H,1-2H3,(H,10,11). The van der Waals surface area contributed by atoms with E-state index in [1.165, 1.54) is 0 Å². The summed E-state index contributed by atoms with van der Waals surface area (Å²) in [5.41, 5.74) is 1.46. The van der Waals surface area contributed by atoms with E-state index in [0.717, 1.165) is 0 Å². The molecule has 0 aliphatic rings. The van der Waals surface area contributed by atoms with Crippen LogP contribution in [0.3, 0.4) is 0 Å². The van der Waals surface area contributed by atoms with Gasteiger partial charge in [0.1, 0.15) is 5.69 Å². The van der Waals surface area contributed by atoms with E-state index in [9.17, 15) is 4.79 Å². The molecular formula is C7H8ClNO2. The number of aryl methyl sites for hydroxylation is 1. The van der Waals surface area contributed by atoms with Crippen molar-refractivity contribution in [2.45, 2.75) is 13.8 Å². The zero-order chi connectivity index (χ0) is 8.59. The topological polar surface area (TPSA) is 53.1 Å². The molecule has 0 aliphatic heterocycles. The van der Waals surface area contributed by atoms with E-state index in [0.29, 0.717) is 16.3 Å². The average molecular weight is 174 g/mol. The summed E-state index contributed by atoms with van der Waals surface area (Å²) < 4.78 is 0. The fourth-order valence-electron chi connectivity index (χ4n) is 0.941. The van der Waals surface area contributed by atoms with Crippen LogP contribution in [0, 0.1) is 13.8 Å². The molecule has 1 aromatic rings. The summed E-state index contributed by atoms with van der Waals surface area (Å²) in [6, 6.07) is 0. The first kappa shape index (κ1) is 8.14. The van der Waals surface area contributed by atoms with E-state index < -0.39 is 5.97 Å². The van der Waals surface area contributed by atoms with Crippen molar-refractivity contribution in [3.05, 3.63) is 22.0 Å². The van der Waals surface area contributed by atoms with Gasteiger partial charge < -0.3 is 10.1 Å². The zero-order valence-corrected chi connectivity index (χ0v) is 6.99. The summed E-state index contributed by atoms with van der Waals surface area (Å²) in [5, 5.41) is 9.12. The van der Waals surface area contributed by atoms with Gasteiger partial charge in [-0.2, -0.15) is 0 Å². The van der Waals surface area contributed by atoms with Crippen LogP contribution in [-0.2, 0) is 0 Å². The van der Waals surface area contributed by atoms with Crippen molar-refractivity contribution in [3.63, 3.8) is 0 Å². The van der Waals surface area contributed by atoms with E-state index in [4.69, 9.17) is 16.7 Å². The molecule has 0 aromatic carbocycles. The molecule has 0 atom stereocenters. The minimum atomic E-state index is -0.975. The number of H-pyrrole nitrogens is 1. The Hall–Kier alpha value is -0.960. The molecule has 60 valence electrons. The Morgan fingerprint density at radius 1 is 1.55 bits per heavy atom. The zero-order valence-electron chi connectivity index (χ0n) is 6.23. The molecule has 0 fully saturated rings. The SMILES string of the molecule is Cc1[nH]c(C(=O)O)c(C)c1Cl. The van der Waals surface area contributed by atoms with Gasteiger partial charge in [0.05, 0.1) is 5.02 Å². The second-order valence-electron chi connectivity index (χ2n) is 2.37. The number of hydrogen-bond acceptors (Lipinski definition) is 1. The van der Waals surface area contributed by atoms with Crippen molar-refractivity contribution in [2.24, 2.45) is 0 Å². The van der Waals surface area contributed by atoms with Crippen LogP contribution in [0.1, 0.15) is 21.7 Å². The summed E-state index contributed by atoms with van der Waals surface area (Å²) in [7, 11) is 0. The average Bonchev–Trinajstić information content (AvgIpc) is 2.17. The number of carboxylic acids is 1. The third-order valence-electron chi connectivity index (χ3n) is 1.56. The predicted octanol–water partition coefficient (Wildman–Crippen LogP) is 1.98. The minimum Gasteiger partial charge on any atom is -0.477 e. The fraction of sp³-hybridized carbons (Fsp3) is 0.286. The number of aromatic amines is 1.